The molecule has 0 bridgehead atoms. The largest absolute Gasteiger partial charge is 0.480 e. The van der Waals surface area contributed by atoms with Gasteiger partial charge in [-0.25, -0.2) is 9.59 Å². The zero-order valence-electron chi connectivity index (χ0n) is 11.0. The number of aliphatic hydroxyl groups excluding tert-OH is 1. The minimum Gasteiger partial charge on any atom is -0.480 e. The van der Waals surface area contributed by atoms with E-state index in [2.05, 4.69) is 15.3 Å². The molecule has 8 heteroatoms. The maximum atomic E-state index is 11.9. The predicted molar refractivity (Wildman–Crippen MR) is 67.8 cm³/mol. The van der Waals surface area contributed by atoms with Crippen LogP contribution in [0.15, 0.2) is 12.4 Å². The summed E-state index contributed by atoms with van der Waals surface area (Å²) in [6.07, 6.45) is 2.37. The van der Waals surface area contributed by atoms with Crippen molar-refractivity contribution >= 4 is 12.0 Å². The first-order chi connectivity index (χ1) is 9.47. The number of urea groups is 1. The van der Waals surface area contributed by atoms with Crippen molar-refractivity contribution in [2.75, 3.05) is 6.54 Å². The number of nitrogens with zero attached hydrogens (tertiary/aromatic N) is 3. The Hall–Kier alpha value is -2.22. The second kappa shape index (κ2) is 5.83. The first kappa shape index (κ1) is 14.2. The van der Waals surface area contributed by atoms with E-state index < -0.39 is 24.1 Å². The third-order valence-electron chi connectivity index (χ3n) is 3.08. The molecular formula is C12H16N4O4. The fourth-order valence-corrected chi connectivity index (χ4v) is 2.05. The van der Waals surface area contributed by atoms with Gasteiger partial charge < -0.3 is 20.4 Å². The van der Waals surface area contributed by atoms with Gasteiger partial charge in [0.15, 0.2) is 0 Å². The monoisotopic (exact) mass is 280 g/mol. The Bertz CT molecular complexity index is 505. The molecule has 2 amide bonds. The third-order valence-corrected chi connectivity index (χ3v) is 3.08. The van der Waals surface area contributed by atoms with Crippen molar-refractivity contribution < 1.29 is 19.8 Å². The molecule has 1 aromatic heterocycles. The summed E-state index contributed by atoms with van der Waals surface area (Å²) in [4.78, 5) is 32.2. The van der Waals surface area contributed by atoms with E-state index in [-0.39, 0.29) is 19.5 Å². The molecule has 0 radical (unpaired) electrons. The highest BCUT2D eigenvalue weighted by Gasteiger charge is 2.38. The van der Waals surface area contributed by atoms with Crippen LogP contribution in [0, 0.1) is 6.92 Å². The van der Waals surface area contributed by atoms with Gasteiger partial charge in [-0.3, -0.25) is 9.97 Å². The number of β-amino-alcohol motifs (C(OH)–C–C–N with tert-alkyl or cyclic N) is 1. The topological polar surface area (TPSA) is 116 Å². The summed E-state index contributed by atoms with van der Waals surface area (Å²) in [7, 11) is 0. The van der Waals surface area contributed by atoms with E-state index in [9.17, 15) is 14.7 Å². The average Bonchev–Trinajstić information content (AvgIpc) is 2.80. The van der Waals surface area contributed by atoms with Gasteiger partial charge >= 0.3 is 12.0 Å². The minimum atomic E-state index is -1.12. The van der Waals surface area contributed by atoms with Gasteiger partial charge in [-0.2, -0.15) is 0 Å². The lowest BCUT2D eigenvalue weighted by Crippen LogP contribution is -2.46. The van der Waals surface area contributed by atoms with Crippen LogP contribution < -0.4 is 5.32 Å². The minimum absolute atomic E-state index is 0.0162. The number of aromatic nitrogens is 2. The Labute approximate surface area is 115 Å². The van der Waals surface area contributed by atoms with Gasteiger partial charge in [-0.1, -0.05) is 0 Å². The molecule has 1 aliphatic heterocycles. The molecule has 2 rings (SSSR count). The molecule has 3 N–H and O–H groups in total. The van der Waals surface area contributed by atoms with E-state index in [0.29, 0.717) is 5.69 Å². The van der Waals surface area contributed by atoms with Crippen molar-refractivity contribution in [3.05, 3.63) is 23.8 Å². The Morgan fingerprint density at radius 1 is 1.45 bits per heavy atom. The lowest BCUT2D eigenvalue weighted by atomic mass is 10.2. The lowest BCUT2D eigenvalue weighted by molar-refractivity contribution is -0.141. The summed E-state index contributed by atoms with van der Waals surface area (Å²) < 4.78 is 0. The zero-order chi connectivity index (χ0) is 14.7. The third kappa shape index (κ3) is 3.21. The van der Waals surface area contributed by atoms with Gasteiger partial charge in [-0.05, 0) is 6.92 Å². The SMILES string of the molecule is Cc1cnc(CNC(=O)N2CC(O)C[C@H]2C(=O)O)cn1. The van der Waals surface area contributed by atoms with Crippen LogP contribution in [0.3, 0.4) is 0 Å². The molecule has 0 aliphatic carbocycles. The molecule has 1 aliphatic rings. The van der Waals surface area contributed by atoms with Crippen LogP contribution in [0.5, 0.6) is 0 Å². The number of rotatable bonds is 3. The number of hydrogen-bond donors (Lipinski definition) is 3. The van der Waals surface area contributed by atoms with Crippen molar-refractivity contribution in [2.45, 2.75) is 32.0 Å². The van der Waals surface area contributed by atoms with Crippen LogP contribution in [0.4, 0.5) is 4.79 Å². The van der Waals surface area contributed by atoms with E-state index in [1.165, 1.54) is 0 Å². The molecule has 0 aromatic carbocycles. The molecule has 2 atom stereocenters. The molecule has 0 spiro atoms. The molecule has 108 valence electrons. The van der Waals surface area contributed by atoms with Crippen molar-refractivity contribution in [3.8, 4) is 0 Å². The highest BCUT2D eigenvalue weighted by atomic mass is 16.4. The number of amides is 2. The van der Waals surface area contributed by atoms with Gasteiger partial charge in [0.1, 0.15) is 6.04 Å². The predicted octanol–water partition coefficient (Wildman–Crippen LogP) is -0.486. The molecular weight excluding hydrogens is 264 g/mol. The van der Waals surface area contributed by atoms with E-state index in [4.69, 9.17) is 5.11 Å². The van der Waals surface area contributed by atoms with E-state index in [1.807, 2.05) is 0 Å². The lowest BCUT2D eigenvalue weighted by Gasteiger charge is -2.21. The fraction of sp³-hybridized carbons (Fsp3) is 0.500. The molecule has 0 saturated carbocycles. The standard InChI is InChI=1S/C12H16N4O4/c1-7-3-14-8(4-13-7)5-15-12(20)16-6-9(17)2-10(16)11(18)19/h3-4,9-10,17H,2,5-6H2,1H3,(H,15,20)(H,18,19)/t9?,10-/m0/s1. The summed E-state index contributed by atoms with van der Waals surface area (Å²) >= 11 is 0. The van der Waals surface area contributed by atoms with Crippen LogP contribution in [0.1, 0.15) is 17.8 Å². The number of aliphatic hydroxyl groups is 1. The molecule has 1 fully saturated rings. The average molecular weight is 280 g/mol. The number of carboxylic acids is 1. The molecule has 20 heavy (non-hydrogen) atoms. The number of likely N-dealkylation sites (tertiary alicyclic amines) is 1. The zero-order valence-corrected chi connectivity index (χ0v) is 11.0. The Morgan fingerprint density at radius 3 is 2.80 bits per heavy atom. The molecule has 8 nitrogen and oxygen atoms in total. The summed E-state index contributed by atoms with van der Waals surface area (Å²) in [6, 6.07) is -1.52. The molecule has 2 heterocycles. The van der Waals surface area contributed by atoms with Crippen LogP contribution in [0.2, 0.25) is 0 Å². The van der Waals surface area contributed by atoms with Crippen molar-refractivity contribution in [2.24, 2.45) is 0 Å². The smallest absolute Gasteiger partial charge is 0.326 e. The molecule has 1 saturated heterocycles. The van der Waals surface area contributed by atoms with Gasteiger partial charge in [0.25, 0.3) is 0 Å². The first-order valence-electron chi connectivity index (χ1n) is 6.20. The Morgan fingerprint density at radius 2 is 2.20 bits per heavy atom. The van der Waals surface area contributed by atoms with Crippen molar-refractivity contribution in [1.29, 1.82) is 0 Å². The van der Waals surface area contributed by atoms with Crippen molar-refractivity contribution in [1.82, 2.24) is 20.2 Å². The number of carboxylic acid groups (broad SMARTS) is 1. The fourth-order valence-electron chi connectivity index (χ4n) is 2.05. The quantitative estimate of drug-likeness (QED) is 0.688. The highest BCUT2D eigenvalue weighted by Crippen LogP contribution is 2.18. The number of carbonyl (C=O) groups is 2. The van der Waals surface area contributed by atoms with E-state index in [1.54, 1.807) is 19.3 Å². The van der Waals surface area contributed by atoms with Gasteiger partial charge in [0, 0.05) is 19.2 Å². The normalized spacial score (nSPS) is 21.8. The number of aliphatic carboxylic acids is 1. The van der Waals surface area contributed by atoms with Crippen LogP contribution in [0.25, 0.3) is 0 Å². The van der Waals surface area contributed by atoms with Gasteiger partial charge in [-0.15, -0.1) is 0 Å². The molecule has 1 unspecified atom stereocenters. The first-order valence-corrected chi connectivity index (χ1v) is 6.20. The second-order valence-electron chi connectivity index (χ2n) is 4.70. The summed E-state index contributed by atoms with van der Waals surface area (Å²) in [5, 5.41) is 21.1. The van der Waals surface area contributed by atoms with Crippen LogP contribution in [-0.4, -0.2) is 55.8 Å². The number of aryl methyl sites for hydroxylation is 1. The highest BCUT2D eigenvalue weighted by molar-refractivity contribution is 5.83. The maximum absolute atomic E-state index is 11.9. The molecule has 1 aromatic rings. The van der Waals surface area contributed by atoms with Gasteiger partial charge in [0.05, 0.1) is 30.2 Å². The second-order valence-corrected chi connectivity index (χ2v) is 4.70. The number of carbonyl (C=O) groups excluding carboxylic acids is 1. The number of nitrogens with one attached hydrogen (secondary N) is 1. The van der Waals surface area contributed by atoms with Crippen molar-refractivity contribution in [3.63, 3.8) is 0 Å². The van der Waals surface area contributed by atoms with Crippen LogP contribution in [-0.2, 0) is 11.3 Å². The van der Waals surface area contributed by atoms with Crippen LogP contribution >= 0.6 is 0 Å². The Balaban J connectivity index is 1.94. The summed E-state index contributed by atoms with van der Waals surface area (Å²) in [5.41, 5.74) is 1.35. The Kier molecular flexibility index (Phi) is 4.14. The van der Waals surface area contributed by atoms with Gasteiger partial charge in [0.2, 0.25) is 0 Å². The van der Waals surface area contributed by atoms with E-state index >= 15 is 0 Å². The van der Waals surface area contributed by atoms with E-state index in [0.717, 1.165) is 10.6 Å². The number of hydrogen-bond acceptors (Lipinski definition) is 5. The summed E-state index contributed by atoms with van der Waals surface area (Å²) in [5.74, 6) is -1.12. The maximum Gasteiger partial charge on any atom is 0.326 e. The summed E-state index contributed by atoms with van der Waals surface area (Å²) in [6.45, 7) is 1.98.